The molecule has 0 radical (unpaired) electrons. The van der Waals surface area contributed by atoms with Gasteiger partial charge in [0.2, 0.25) is 0 Å². The van der Waals surface area contributed by atoms with Crippen molar-refractivity contribution in [3.05, 3.63) is 53.6 Å². The molecule has 1 aromatic carbocycles. The molecule has 0 atom stereocenters. The second-order valence-electron chi connectivity index (χ2n) is 3.16. The van der Waals surface area contributed by atoms with Crippen LogP contribution in [-0.4, -0.2) is 6.21 Å². The van der Waals surface area contributed by atoms with Crippen LogP contribution in [0.25, 0.3) is 5.57 Å². The molecule has 0 saturated carbocycles. The van der Waals surface area contributed by atoms with Crippen LogP contribution in [0.1, 0.15) is 18.1 Å². The van der Waals surface area contributed by atoms with Crippen LogP contribution in [-0.2, 0) is 0 Å². The van der Waals surface area contributed by atoms with Crippen LogP contribution in [0, 0.1) is 12.3 Å². The van der Waals surface area contributed by atoms with E-state index in [0.717, 1.165) is 11.1 Å². The summed E-state index contributed by atoms with van der Waals surface area (Å²) in [5.74, 6) is 0. The first-order valence-corrected chi connectivity index (χ1v) is 4.68. The second-order valence-corrected chi connectivity index (χ2v) is 3.16. The van der Waals surface area contributed by atoms with Gasteiger partial charge in [0.1, 0.15) is 0 Å². The highest BCUT2D eigenvalue weighted by Gasteiger charge is 1.96. The fourth-order valence-corrected chi connectivity index (χ4v) is 1.34. The van der Waals surface area contributed by atoms with Gasteiger partial charge in [0.15, 0.2) is 0 Å². The van der Waals surface area contributed by atoms with Gasteiger partial charge in [-0.2, -0.15) is 0 Å². The van der Waals surface area contributed by atoms with Gasteiger partial charge in [0.05, 0.1) is 0 Å². The zero-order chi connectivity index (χ0) is 10.4. The van der Waals surface area contributed by atoms with Crippen molar-refractivity contribution < 1.29 is 0 Å². The van der Waals surface area contributed by atoms with E-state index >= 15 is 0 Å². The normalized spacial score (nSPS) is 12.0. The van der Waals surface area contributed by atoms with E-state index in [0.29, 0.717) is 0 Å². The second kappa shape index (κ2) is 5.18. The highest BCUT2D eigenvalue weighted by Crippen LogP contribution is 2.16. The lowest BCUT2D eigenvalue weighted by atomic mass is 10.0. The summed E-state index contributed by atoms with van der Waals surface area (Å²) in [6.45, 7) is 4.05. The van der Waals surface area contributed by atoms with Gasteiger partial charge in [-0.1, -0.05) is 42.0 Å². The largest absolute Gasteiger partial charge is 0.309 e. The van der Waals surface area contributed by atoms with Crippen LogP contribution < -0.4 is 0 Å². The number of hydrogen-bond acceptors (Lipinski definition) is 1. The van der Waals surface area contributed by atoms with Crippen LogP contribution in [0.4, 0.5) is 0 Å². The first kappa shape index (κ1) is 10.5. The topological polar surface area (TPSA) is 23.9 Å². The zero-order valence-corrected chi connectivity index (χ0v) is 8.62. The number of rotatable bonds is 3. The molecule has 0 aliphatic heterocycles. The van der Waals surface area contributed by atoms with E-state index in [1.54, 1.807) is 6.08 Å². The Hall–Kier alpha value is -1.63. The number of benzene rings is 1. The van der Waals surface area contributed by atoms with Crippen LogP contribution >= 0.6 is 0 Å². The van der Waals surface area contributed by atoms with E-state index in [9.17, 15) is 0 Å². The third-order valence-electron chi connectivity index (χ3n) is 1.96. The molecule has 0 saturated heterocycles. The van der Waals surface area contributed by atoms with Crippen LogP contribution in [0.5, 0.6) is 0 Å². The molecule has 1 N–H and O–H groups in total. The lowest BCUT2D eigenvalue weighted by Gasteiger charge is -2.02. The Morgan fingerprint density at radius 1 is 1.36 bits per heavy atom. The Bertz CT molecular complexity index is 373. The maximum atomic E-state index is 7.08. The minimum Gasteiger partial charge on any atom is -0.309 e. The van der Waals surface area contributed by atoms with Crippen LogP contribution in [0.15, 0.2) is 42.5 Å². The van der Waals surface area contributed by atoms with E-state index in [-0.39, 0.29) is 0 Å². The molecule has 1 aromatic rings. The molecule has 0 unspecified atom stereocenters. The maximum absolute atomic E-state index is 7.08. The summed E-state index contributed by atoms with van der Waals surface area (Å²) in [6.07, 6.45) is 7.12. The summed E-state index contributed by atoms with van der Waals surface area (Å²) in [4.78, 5) is 0. The number of hydrogen-bond donors (Lipinski definition) is 1. The lowest BCUT2D eigenvalue weighted by molar-refractivity contribution is 1.45. The minimum atomic E-state index is 1.08. The average molecular weight is 185 g/mol. The Morgan fingerprint density at radius 2 is 2.14 bits per heavy atom. The van der Waals surface area contributed by atoms with Crippen molar-refractivity contribution in [1.82, 2.24) is 0 Å². The Balaban J connectivity index is 3.11. The molecule has 1 rings (SSSR count). The predicted octanol–water partition coefficient (Wildman–Crippen LogP) is 3.60. The van der Waals surface area contributed by atoms with E-state index in [1.807, 2.05) is 25.1 Å². The molecular formula is C13H15N. The third kappa shape index (κ3) is 2.70. The first-order valence-electron chi connectivity index (χ1n) is 4.68. The predicted molar refractivity (Wildman–Crippen MR) is 62.8 cm³/mol. The summed E-state index contributed by atoms with van der Waals surface area (Å²) in [6, 6.07) is 8.28. The van der Waals surface area contributed by atoms with Gasteiger partial charge in [-0.3, -0.25) is 0 Å². The fourth-order valence-electron chi connectivity index (χ4n) is 1.34. The molecule has 72 valence electrons. The highest BCUT2D eigenvalue weighted by atomic mass is 14.3. The average Bonchev–Trinajstić information content (AvgIpc) is 2.17. The van der Waals surface area contributed by atoms with Gasteiger partial charge in [-0.15, -0.1) is 0 Å². The number of nitrogens with one attached hydrogen (secondary N) is 1. The Kier molecular flexibility index (Phi) is 3.86. The summed E-state index contributed by atoms with van der Waals surface area (Å²) in [5, 5.41) is 7.08. The standard InChI is InChI=1S/C13H15N/c1-3-5-12(8-9-14)13-7-4-6-11(2)10-13/h3-10,14H,1-2H3/b5-3-,12-8+,14-9?. The molecule has 1 nitrogen and oxygen atoms in total. The van der Waals surface area contributed by atoms with E-state index in [2.05, 4.69) is 25.1 Å². The molecule has 0 spiro atoms. The molecule has 14 heavy (non-hydrogen) atoms. The van der Waals surface area contributed by atoms with Gasteiger partial charge in [0.25, 0.3) is 0 Å². The van der Waals surface area contributed by atoms with E-state index < -0.39 is 0 Å². The van der Waals surface area contributed by atoms with Crippen molar-refractivity contribution in [1.29, 1.82) is 5.41 Å². The van der Waals surface area contributed by atoms with Gasteiger partial charge in [-0.25, -0.2) is 0 Å². The highest BCUT2D eigenvalue weighted by molar-refractivity contribution is 5.87. The summed E-state index contributed by atoms with van der Waals surface area (Å²) in [5.41, 5.74) is 3.47. The lowest BCUT2D eigenvalue weighted by Crippen LogP contribution is -1.82. The van der Waals surface area contributed by atoms with Gasteiger partial charge >= 0.3 is 0 Å². The summed E-state index contributed by atoms with van der Waals surface area (Å²) in [7, 11) is 0. The molecule has 0 heterocycles. The molecule has 0 fully saturated rings. The zero-order valence-electron chi connectivity index (χ0n) is 8.62. The molecule has 0 amide bonds. The third-order valence-corrected chi connectivity index (χ3v) is 1.96. The molecule has 0 bridgehead atoms. The van der Waals surface area contributed by atoms with Crippen LogP contribution in [0.3, 0.4) is 0 Å². The summed E-state index contributed by atoms with van der Waals surface area (Å²) >= 11 is 0. The van der Waals surface area contributed by atoms with Crippen molar-refractivity contribution in [2.45, 2.75) is 13.8 Å². The summed E-state index contributed by atoms with van der Waals surface area (Å²) < 4.78 is 0. The Labute approximate surface area is 85.3 Å². The first-order chi connectivity index (χ1) is 6.77. The smallest absolute Gasteiger partial charge is 0.0183 e. The molecule has 0 aromatic heterocycles. The molecule has 0 aliphatic rings. The van der Waals surface area contributed by atoms with E-state index in [1.165, 1.54) is 11.8 Å². The molecule has 1 heteroatoms. The molecular weight excluding hydrogens is 170 g/mol. The SMILES string of the molecule is C/C=C\C(=C/C=N)c1cccc(C)c1. The number of allylic oxidation sites excluding steroid dienone is 4. The maximum Gasteiger partial charge on any atom is 0.0183 e. The number of aryl methyl sites for hydroxylation is 1. The van der Waals surface area contributed by atoms with E-state index in [4.69, 9.17) is 5.41 Å². The van der Waals surface area contributed by atoms with Gasteiger partial charge < -0.3 is 5.41 Å². The van der Waals surface area contributed by atoms with Crippen molar-refractivity contribution in [2.75, 3.05) is 0 Å². The monoisotopic (exact) mass is 185 g/mol. The van der Waals surface area contributed by atoms with Crippen LogP contribution in [0.2, 0.25) is 0 Å². The molecule has 0 aliphatic carbocycles. The van der Waals surface area contributed by atoms with Crippen molar-refractivity contribution in [3.8, 4) is 0 Å². The van der Waals surface area contributed by atoms with Crippen molar-refractivity contribution in [2.24, 2.45) is 0 Å². The fraction of sp³-hybridized carbons (Fsp3) is 0.154. The quantitative estimate of drug-likeness (QED) is 0.549. The van der Waals surface area contributed by atoms with Gasteiger partial charge in [0, 0.05) is 6.21 Å². The van der Waals surface area contributed by atoms with Gasteiger partial charge in [-0.05, 0) is 31.1 Å². The van der Waals surface area contributed by atoms with Crippen molar-refractivity contribution >= 4 is 11.8 Å². The van der Waals surface area contributed by atoms with Crippen molar-refractivity contribution in [3.63, 3.8) is 0 Å². The minimum absolute atomic E-state index is 1.08. The Morgan fingerprint density at radius 3 is 2.71 bits per heavy atom.